The molecule has 9 nitrogen and oxygen atoms in total. The third kappa shape index (κ3) is 5.11. The van der Waals surface area contributed by atoms with Gasteiger partial charge in [0.05, 0.1) is 34.9 Å². The quantitative estimate of drug-likeness (QED) is 0.337. The van der Waals surface area contributed by atoms with Crippen LogP contribution in [-0.2, 0) is 11.4 Å². The molecule has 3 N–H and O–H groups in total. The lowest BCUT2D eigenvalue weighted by molar-refractivity contribution is -0.121. The van der Waals surface area contributed by atoms with E-state index < -0.39 is 0 Å². The second-order valence-corrected chi connectivity index (χ2v) is 8.42. The first-order valence-electron chi connectivity index (χ1n) is 11.0. The molecule has 178 valence electrons. The number of pyridine rings is 1. The average molecular weight is 491 g/mol. The van der Waals surface area contributed by atoms with Crippen LogP contribution in [-0.4, -0.2) is 41.1 Å². The summed E-state index contributed by atoms with van der Waals surface area (Å²) in [6.07, 6.45) is 3.19. The number of nitrogens with one attached hydrogen (secondary N) is 3. The molecule has 0 bridgehead atoms. The van der Waals surface area contributed by atoms with Crippen LogP contribution in [0.5, 0.6) is 11.5 Å². The predicted molar refractivity (Wildman–Crippen MR) is 134 cm³/mol. The van der Waals surface area contributed by atoms with Gasteiger partial charge in [0.15, 0.2) is 0 Å². The Morgan fingerprint density at radius 3 is 2.71 bits per heavy atom. The molecule has 0 unspecified atom stereocenters. The molecule has 1 aliphatic rings. The van der Waals surface area contributed by atoms with Gasteiger partial charge in [0.25, 0.3) is 0 Å². The van der Waals surface area contributed by atoms with Gasteiger partial charge in [0.2, 0.25) is 5.91 Å². The molecule has 0 atom stereocenters. The highest BCUT2D eigenvalue weighted by Crippen LogP contribution is 2.35. The molecule has 1 saturated heterocycles. The second kappa shape index (κ2) is 10.1. The standard InChI is InChI=1S/C25H23ClN6O3/c1-34-23-10-20-18(9-21(23)32-25(33)15-11-27-12-15)24(30-14-29-20)31-16-5-6-22(19(26)8-16)35-13-17-4-2-3-7-28-17/h2-10,14-15,27H,11-13H2,1H3,(H,32,33)(H,29,30,31). The summed E-state index contributed by atoms with van der Waals surface area (Å²) in [7, 11) is 1.56. The molecule has 1 fully saturated rings. The van der Waals surface area contributed by atoms with E-state index in [0.717, 1.165) is 16.8 Å². The molecule has 1 amide bonds. The van der Waals surface area contributed by atoms with Gasteiger partial charge in [-0.3, -0.25) is 9.78 Å². The Balaban J connectivity index is 1.37. The predicted octanol–water partition coefficient (Wildman–Crippen LogP) is 4.17. The Hall–Kier alpha value is -3.95. The number of fused-ring (bicyclic) bond motifs is 1. The number of halogens is 1. The van der Waals surface area contributed by atoms with Gasteiger partial charge in [-0.25, -0.2) is 9.97 Å². The van der Waals surface area contributed by atoms with Crippen LogP contribution in [0, 0.1) is 5.92 Å². The van der Waals surface area contributed by atoms with Gasteiger partial charge < -0.3 is 25.4 Å². The van der Waals surface area contributed by atoms with Crippen molar-refractivity contribution < 1.29 is 14.3 Å². The van der Waals surface area contributed by atoms with Crippen LogP contribution < -0.4 is 25.4 Å². The van der Waals surface area contributed by atoms with Gasteiger partial charge in [0.1, 0.15) is 30.3 Å². The molecule has 3 heterocycles. The van der Waals surface area contributed by atoms with Crippen molar-refractivity contribution in [2.75, 3.05) is 30.8 Å². The van der Waals surface area contributed by atoms with E-state index in [2.05, 4.69) is 30.9 Å². The summed E-state index contributed by atoms with van der Waals surface area (Å²) in [4.78, 5) is 25.5. The Morgan fingerprint density at radius 2 is 2.00 bits per heavy atom. The van der Waals surface area contributed by atoms with Crippen LogP contribution in [0.2, 0.25) is 5.02 Å². The zero-order valence-electron chi connectivity index (χ0n) is 18.9. The number of amides is 1. The van der Waals surface area contributed by atoms with Gasteiger partial charge in [0, 0.05) is 36.4 Å². The summed E-state index contributed by atoms with van der Waals surface area (Å²) in [6, 6.07) is 14.6. The first-order valence-corrected chi connectivity index (χ1v) is 11.4. The number of carbonyl (C=O) groups is 1. The summed E-state index contributed by atoms with van der Waals surface area (Å²) in [5.74, 6) is 1.54. The lowest BCUT2D eigenvalue weighted by Gasteiger charge is -2.26. The molecular formula is C25H23ClN6O3. The smallest absolute Gasteiger partial charge is 0.230 e. The van der Waals surface area contributed by atoms with Crippen molar-refractivity contribution in [3.05, 3.63) is 71.8 Å². The van der Waals surface area contributed by atoms with E-state index in [1.807, 2.05) is 30.3 Å². The minimum atomic E-state index is -0.0550. The number of hydrogen-bond donors (Lipinski definition) is 3. The van der Waals surface area contributed by atoms with Gasteiger partial charge >= 0.3 is 0 Å². The first kappa shape index (κ1) is 22.8. The minimum Gasteiger partial charge on any atom is -0.494 e. The van der Waals surface area contributed by atoms with Crippen LogP contribution in [0.15, 0.2) is 61.1 Å². The van der Waals surface area contributed by atoms with Crippen molar-refractivity contribution in [2.45, 2.75) is 6.61 Å². The number of benzene rings is 2. The molecule has 0 aliphatic carbocycles. The molecule has 0 radical (unpaired) electrons. The Labute approximate surface area is 206 Å². The van der Waals surface area contributed by atoms with Crippen LogP contribution in [0.4, 0.5) is 17.2 Å². The molecule has 5 rings (SSSR count). The number of hydrogen-bond acceptors (Lipinski definition) is 8. The fourth-order valence-electron chi connectivity index (χ4n) is 3.63. The number of anilines is 3. The Bertz CT molecular complexity index is 1360. The third-order valence-electron chi connectivity index (χ3n) is 5.66. The molecule has 2 aromatic heterocycles. The van der Waals surface area contributed by atoms with Crippen molar-refractivity contribution >= 4 is 45.6 Å². The van der Waals surface area contributed by atoms with Gasteiger partial charge in [-0.2, -0.15) is 0 Å². The van der Waals surface area contributed by atoms with Gasteiger partial charge in [-0.05, 0) is 36.4 Å². The first-order chi connectivity index (χ1) is 17.1. The summed E-state index contributed by atoms with van der Waals surface area (Å²) < 4.78 is 11.3. The van der Waals surface area contributed by atoms with Crippen LogP contribution in [0.3, 0.4) is 0 Å². The maximum atomic E-state index is 12.5. The van der Waals surface area contributed by atoms with E-state index in [0.29, 0.717) is 53.2 Å². The third-order valence-corrected chi connectivity index (χ3v) is 5.96. The second-order valence-electron chi connectivity index (χ2n) is 8.02. The molecule has 4 aromatic rings. The van der Waals surface area contributed by atoms with E-state index in [1.54, 1.807) is 31.5 Å². The number of rotatable bonds is 8. The summed E-state index contributed by atoms with van der Waals surface area (Å²) in [6.45, 7) is 1.65. The molecule has 2 aromatic carbocycles. The lowest BCUT2D eigenvalue weighted by Crippen LogP contribution is -2.48. The molecular weight excluding hydrogens is 468 g/mol. The van der Waals surface area contributed by atoms with Crippen molar-refractivity contribution in [1.29, 1.82) is 0 Å². The molecule has 35 heavy (non-hydrogen) atoms. The van der Waals surface area contributed by atoms with Crippen molar-refractivity contribution in [2.24, 2.45) is 5.92 Å². The van der Waals surface area contributed by atoms with E-state index >= 15 is 0 Å². The molecule has 0 saturated carbocycles. The minimum absolute atomic E-state index is 0.0548. The van der Waals surface area contributed by atoms with Crippen LogP contribution in [0.1, 0.15) is 5.69 Å². The van der Waals surface area contributed by atoms with E-state index in [9.17, 15) is 4.79 Å². The SMILES string of the molecule is COc1cc2ncnc(Nc3ccc(OCc4ccccn4)c(Cl)c3)c2cc1NC(=O)C1CNC1. The Kier molecular flexibility index (Phi) is 6.60. The fourth-order valence-corrected chi connectivity index (χ4v) is 3.86. The normalized spacial score (nSPS) is 13.2. The van der Waals surface area contributed by atoms with E-state index in [1.165, 1.54) is 6.33 Å². The topological polar surface area (TPSA) is 110 Å². The molecule has 0 spiro atoms. The summed E-state index contributed by atoms with van der Waals surface area (Å²) in [5.41, 5.74) is 2.77. The molecule has 10 heteroatoms. The highest BCUT2D eigenvalue weighted by molar-refractivity contribution is 6.32. The monoisotopic (exact) mass is 490 g/mol. The largest absolute Gasteiger partial charge is 0.494 e. The summed E-state index contributed by atoms with van der Waals surface area (Å²) in [5, 5.41) is 10.5. The zero-order chi connectivity index (χ0) is 24.2. The van der Waals surface area contributed by atoms with Crippen LogP contribution >= 0.6 is 11.6 Å². The van der Waals surface area contributed by atoms with E-state index in [4.69, 9.17) is 21.1 Å². The lowest BCUT2D eigenvalue weighted by atomic mass is 10.0. The number of methoxy groups -OCH3 is 1. The highest BCUT2D eigenvalue weighted by atomic mass is 35.5. The van der Waals surface area contributed by atoms with E-state index in [-0.39, 0.29) is 11.8 Å². The zero-order valence-corrected chi connectivity index (χ0v) is 19.7. The molecule has 1 aliphatic heterocycles. The van der Waals surface area contributed by atoms with Crippen molar-refractivity contribution in [3.8, 4) is 11.5 Å². The van der Waals surface area contributed by atoms with Gasteiger partial charge in [-0.15, -0.1) is 0 Å². The maximum absolute atomic E-state index is 12.5. The Morgan fingerprint density at radius 1 is 1.11 bits per heavy atom. The van der Waals surface area contributed by atoms with Gasteiger partial charge in [-0.1, -0.05) is 17.7 Å². The number of nitrogens with zero attached hydrogens (tertiary/aromatic N) is 3. The number of aromatic nitrogens is 3. The van der Waals surface area contributed by atoms with Crippen LogP contribution in [0.25, 0.3) is 10.9 Å². The average Bonchev–Trinajstić information content (AvgIpc) is 2.83. The maximum Gasteiger partial charge on any atom is 0.230 e. The number of carbonyl (C=O) groups excluding carboxylic acids is 1. The number of ether oxygens (including phenoxy) is 2. The highest BCUT2D eigenvalue weighted by Gasteiger charge is 2.26. The van der Waals surface area contributed by atoms with Crippen molar-refractivity contribution in [1.82, 2.24) is 20.3 Å². The fraction of sp³-hybridized carbons (Fsp3) is 0.200. The van der Waals surface area contributed by atoms with Crippen molar-refractivity contribution in [3.63, 3.8) is 0 Å². The summed E-state index contributed by atoms with van der Waals surface area (Å²) >= 11 is 6.46.